The zero-order chi connectivity index (χ0) is 21.3. The van der Waals surface area contributed by atoms with E-state index >= 15 is 0 Å². The third-order valence-corrected chi connectivity index (χ3v) is 7.78. The first-order chi connectivity index (χ1) is 15.0. The molecule has 0 aliphatic carbocycles. The van der Waals surface area contributed by atoms with Gasteiger partial charge in [-0.1, -0.05) is 19.9 Å². The zero-order valence-corrected chi connectivity index (χ0v) is 18.9. The van der Waals surface area contributed by atoms with Gasteiger partial charge in [0.05, 0.1) is 5.69 Å². The summed E-state index contributed by atoms with van der Waals surface area (Å²) in [5.41, 5.74) is 10.00. The van der Waals surface area contributed by atoms with Crippen LogP contribution in [0.25, 0.3) is 27.8 Å². The van der Waals surface area contributed by atoms with E-state index in [0.29, 0.717) is 23.9 Å². The Morgan fingerprint density at radius 2 is 1.84 bits per heavy atom. The number of hydrogen-bond acceptors (Lipinski definition) is 3. The molecule has 5 heterocycles. The fourth-order valence-corrected chi connectivity index (χ4v) is 6.08. The molecule has 2 saturated heterocycles. The molecule has 1 aromatic carbocycles. The topological polar surface area (TPSA) is 58.0 Å². The van der Waals surface area contributed by atoms with Crippen LogP contribution in [0.4, 0.5) is 0 Å². The van der Waals surface area contributed by atoms with Crippen molar-refractivity contribution in [1.82, 2.24) is 24.9 Å². The number of piperidine rings is 1. The molecule has 2 bridgehead atoms. The van der Waals surface area contributed by atoms with Gasteiger partial charge in [-0.25, -0.2) is 9.50 Å². The highest BCUT2D eigenvalue weighted by molar-refractivity contribution is 5.92. The lowest BCUT2D eigenvalue weighted by Crippen LogP contribution is -2.37. The van der Waals surface area contributed by atoms with E-state index in [1.54, 1.807) is 6.33 Å². The molecule has 0 radical (unpaired) electrons. The third kappa shape index (κ3) is 2.93. The van der Waals surface area contributed by atoms with Gasteiger partial charge in [-0.2, -0.15) is 5.10 Å². The summed E-state index contributed by atoms with van der Waals surface area (Å²) in [5.74, 6) is 1.10. The van der Waals surface area contributed by atoms with Gasteiger partial charge in [0.2, 0.25) is 0 Å². The maximum Gasteiger partial charge on any atom is 0.158 e. The summed E-state index contributed by atoms with van der Waals surface area (Å²) in [4.78, 5) is 8.20. The monoisotopic (exact) mass is 413 g/mol. The molecule has 0 spiro atoms. The maximum absolute atomic E-state index is 4.43. The van der Waals surface area contributed by atoms with Crippen molar-refractivity contribution < 1.29 is 0 Å². The van der Waals surface area contributed by atoms with Crippen LogP contribution in [0.5, 0.6) is 0 Å². The van der Waals surface area contributed by atoms with Gasteiger partial charge in [-0.05, 0) is 85.8 Å². The third-order valence-electron chi connectivity index (χ3n) is 7.78. The molecule has 5 nitrogen and oxygen atoms in total. The summed E-state index contributed by atoms with van der Waals surface area (Å²) < 4.78 is 1.91. The fraction of sp³-hybridized carbons (Fsp3) is 0.462. The van der Waals surface area contributed by atoms with E-state index < -0.39 is 0 Å². The molecule has 6 rings (SSSR count). The highest BCUT2D eigenvalue weighted by Gasteiger charge is 2.34. The minimum Gasteiger partial charge on any atom is -0.354 e. The molecule has 2 fully saturated rings. The minimum absolute atomic E-state index is 0.425. The molecular formula is C26H31N5. The number of rotatable bonds is 3. The standard InChI is InChI=1S/C26H31N5/c1-14(2)24-21-11-17(18-9-19-6-7-20(10-18)29-19)5-8-23(21)30-25(24)22-12-31-26(27-13-28-31)16(4)15(22)3/h5,8,11-14,18-20,29-30H,6-7,9-10H2,1-4H3. The number of hydrogen-bond donors (Lipinski definition) is 2. The quantitative estimate of drug-likeness (QED) is 0.458. The van der Waals surface area contributed by atoms with Gasteiger partial charge in [-0.15, -0.1) is 0 Å². The Hall–Kier alpha value is -2.66. The van der Waals surface area contributed by atoms with Crippen molar-refractivity contribution in [2.45, 2.75) is 77.3 Å². The molecule has 5 heteroatoms. The fourth-order valence-electron chi connectivity index (χ4n) is 6.08. The van der Waals surface area contributed by atoms with Crippen LogP contribution in [-0.2, 0) is 0 Å². The van der Waals surface area contributed by atoms with Crippen LogP contribution in [0, 0.1) is 13.8 Å². The van der Waals surface area contributed by atoms with Crippen LogP contribution in [-0.4, -0.2) is 31.7 Å². The molecule has 2 unspecified atom stereocenters. The van der Waals surface area contributed by atoms with E-state index in [1.807, 2.05) is 4.52 Å². The van der Waals surface area contributed by atoms with E-state index in [0.717, 1.165) is 5.65 Å². The van der Waals surface area contributed by atoms with Crippen LogP contribution >= 0.6 is 0 Å². The SMILES string of the molecule is Cc1c(-c2[nH]c3ccc(C4CC5CCC(C4)N5)cc3c2C(C)C)cn2ncnc2c1C. The van der Waals surface area contributed by atoms with E-state index in [9.17, 15) is 0 Å². The average Bonchev–Trinajstić information content (AvgIpc) is 3.46. The molecule has 4 aromatic rings. The predicted octanol–water partition coefficient (Wildman–Crippen LogP) is 5.62. The van der Waals surface area contributed by atoms with Crippen LogP contribution in [0.1, 0.15) is 73.6 Å². The number of benzene rings is 1. The lowest BCUT2D eigenvalue weighted by Gasteiger charge is -2.29. The molecule has 2 aliphatic heterocycles. The van der Waals surface area contributed by atoms with Crippen LogP contribution in [0.3, 0.4) is 0 Å². The second kappa shape index (κ2) is 6.92. The normalized spacial score (nSPS) is 23.5. The van der Waals surface area contributed by atoms with E-state index in [-0.39, 0.29) is 0 Å². The van der Waals surface area contributed by atoms with E-state index in [4.69, 9.17) is 0 Å². The van der Waals surface area contributed by atoms with Crippen molar-refractivity contribution in [1.29, 1.82) is 0 Å². The zero-order valence-electron chi connectivity index (χ0n) is 18.9. The molecule has 0 saturated carbocycles. The first-order valence-electron chi connectivity index (χ1n) is 11.7. The molecule has 3 aromatic heterocycles. The summed E-state index contributed by atoms with van der Waals surface area (Å²) in [5, 5.41) is 9.58. The van der Waals surface area contributed by atoms with Crippen molar-refractivity contribution in [3.8, 4) is 11.3 Å². The van der Waals surface area contributed by atoms with Gasteiger partial charge in [-0.3, -0.25) is 0 Å². The van der Waals surface area contributed by atoms with E-state index in [1.165, 1.54) is 70.1 Å². The lowest BCUT2D eigenvalue weighted by atomic mass is 9.85. The van der Waals surface area contributed by atoms with Crippen molar-refractivity contribution in [2.24, 2.45) is 0 Å². The van der Waals surface area contributed by atoms with Crippen molar-refractivity contribution in [3.05, 3.63) is 53.0 Å². The number of nitrogens with zero attached hydrogens (tertiary/aromatic N) is 3. The number of aryl methyl sites for hydroxylation is 1. The Morgan fingerprint density at radius 3 is 2.58 bits per heavy atom. The van der Waals surface area contributed by atoms with Gasteiger partial charge < -0.3 is 10.3 Å². The molecule has 2 aliphatic rings. The van der Waals surface area contributed by atoms with Gasteiger partial charge >= 0.3 is 0 Å². The number of aromatic amines is 1. The molecule has 31 heavy (non-hydrogen) atoms. The molecule has 2 N–H and O–H groups in total. The highest BCUT2D eigenvalue weighted by atomic mass is 15.3. The Balaban J connectivity index is 1.51. The van der Waals surface area contributed by atoms with Crippen molar-refractivity contribution >= 4 is 16.6 Å². The number of nitrogens with one attached hydrogen (secondary N) is 2. The molecule has 0 amide bonds. The minimum atomic E-state index is 0.425. The Bertz CT molecular complexity index is 1280. The van der Waals surface area contributed by atoms with Crippen LogP contribution < -0.4 is 5.32 Å². The molecule has 2 atom stereocenters. The van der Waals surface area contributed by atoms with E-state index in [2.05, 4.69) is 72.5 Å². The second-order valence-corrected chi connectivity index (χ2v) is 10.0. The summed E-state index contributed by atoms with van der Waals surface area (Å²) >= 11 is 0. The summed E-state index contributed by atoms with van der Waals surface area (Å²) in [6.07, 6.45) is 9.01. The smallest absolute Gasteiger partial charge is 0.158 e. The highest BCUT2D eigenvalue weighted by Crippen LogP contribution is 2.41. The summed E-state index contributed by atoms with van der Waals surface area (Å²) in [7, 11) is 0. The lowest BCUT2D eigenvalue weighted by molar-refractivity contribution is 0.363. The number of H-pyrrole nitrogens is 1. The largest absolute Gasteiger partial charge is 0.354 e. The Labute approximate surface area is 183 Å². The second-order valence-electron chi connectivity index (χ2n) is 10.0. The van der Waals surface area contributed by atoms with Crippen molar-refractivity contribution in [3.63, 3.8) is 0 Å². The molecular weight excluding hydrogens is 382 g/mol. The summed E-state index contributed by atoms with van der Waals surface area (Å²) in [6, 6.07) is 8.58. The van der Waals surface area contributed by atoms with Gasteiger partial charge in [0.1, 0.15) is 6.33 Å². The maximum atomic E-state index is 4.43. The first-order valence-corrected chi connectivity index (χ1v) is 11.7. The number of pyridine rings is 1. The van der Waals surface area contributed by atoms with Gasteiger partial charge in [0.25, 0.3) is 0 Å². The Kier molecular flexibility index (Phi) is 4.26. The van der Waals surface area contributed by atoms with Crippen LogP contribution in [0.15, 0.2) is 30.7 Å². The Morgan fingerprint density at radius 1 is 1.06 bits per heavy atom. The van der Waals surface area contributed by atoms with Gasteiger partial charge in [0, 0.05) is 34.7 Å². The first kappa shape index (κ1) is 19.1. The summed E-state index contributed by atoms with van der Waals surface area (Å²) in [6.45, 7) is 8.95. The predicted molar refractivity (Wildman–Crippen MR) is 126 cm³/mol. The van der Waals surface area contributed by atoms with Crippen LogP contribution in [0.2, 0.25) is 0 Å². The van der Waals surface area contributed by atoms with Crippen molar-refractivity contribution in [2.75, 3.05) is 0 Å². The molecule has 160 valence electrons. The average molecular weight is 414 g/mol. The number of aromatic nitrogens is 4. The van der Waals surface area contributed by atoms with Gasteiger partial charge in [0.15, 0.2) is 5.65 Å². The number of fused-ring (bicyclic) bond motifs is 4.